The molecule has 0 fully saturated rings. The number of carbonyl (C=O) groups is 1. The second kappa shape index (κ2) is 6.79. The van der Waals surface area contributed by atoms with Crippen LogP contribution in [0.25, 0.3) is 0 Å². The summed E-state index contributed by atoms with van der Waals surface area (Å²) in [6.45, 7) is 0.722. The van der Waals surface area contributed by atoms with Crippen LogP contribution in [0, 0.1) is 0 Å². The lowest BCUT2D eigenvalue weighted by Crippen LogP contribution is -2.00. The van der Waals surface area contributed by atoms with E-state index in [1.165, 1.54) is 5.56 Å². The maximum Gasteiger partial charge on any atom is 0.307 e. The summed E-state index contributed by atoms with van der Waals surface area (Å²) in [4.78, 5) is 10.7. The molecule has 23 heavy (non-hydrogen) atoms. The van der Waals surface area contributed by atoms with Crippen molar-refractivity contribution in [2.24, 2.45) is 0 Å². The summed E-state index contributed by atoms with van der Waals surface area (Å²) >= 11 is 0. The third-order valence-electron chi connectivity index (χ3n) is 3.42. The largest absolute Gasteiger partial charge is 0.481 e. The number of rotatable bonds is 6. The van der Waals surface area contributed by atoms with Crippen molar-refractivity contribution in [3.8, 4) is 0 Å². The van der Waals surface area contributed by atoms with Gasteiger partial charge in [0.2, 0.25) is 0 Å². The van der Waals surface area contributed by atoms with Gasteiger partial charge in [0.15, 0.2) is 0 Å². The van der Waals surface area contributed by atoms with E-state index >= 15 is 0 Å². The van der Waals surface area contributed by atoms with Crippen LogP contribution in [0.2, 0.25) is 0 Å². The van der Waals surface area contributed by atoms with E-state index < -0.39 is 5.97 Å². The minimum Gasteiger partial charge on any atom is -0.481 e. The number of benzene rings is 2. The van der Waals surface area contributed by atoms with Gasteiger partial charge in [0.1, 0.15) is 0 Å². The Morgan fingerprint density at radius 3 is 2.43 bits per heavy atom. The molecule has 0 saturated carbocycles. The Bertz CT molecular complexity index is 780. The fourth-order valence-corrected chi connectivity index (χ4v) is 2.33. The smallest absolute Gasteiger partial charge is 0.307 e. The van der Waals surface area contributed by atoms with Gasteiger partial charge in [-0.3, -0.25) is 9.48 Å². The zero-order chi connectivity index (χ0) is 16.1. The van der Waals surface area contributed by atoms with Gasteiger partial charge in [-0.05, 0) is 23.3 Å². The van der Waals surface area contributed by atoms with Crippen molar-refractivity contribution in [1.82, 2.24) is 9.78 Å². The van der Waals surface area contributed by atoms with Crippen molar-refractivity contribution in [3.05, 3.63) is 78.1 Å². The van der Waals surface area contributed by atoms with Crippen LogP contribution in [0.15, 0.2) is 67.0 Å². The average Bonchev–Trinajstić information content (AvgIpc) is 2.97. The van der Waals surface area contributed by atoms with Gasteiger partial charge >= 0.3 is 5.97 Å². The molecule has 0 amide bonds. The van der Waals surface area contributed by atoms with Crippen molar-refractivity contribution in [1.29, 1.82) is 0 Å². The van der Waals surface area contributed by atoms with Crippen LogP contribution >= 0.6 is 0 Å². The van der Waals surface area contributed by atoms with Gasteiger partial charge in [0, 0.05) is 11.9 Å². The summed E-state index contributed by atoms with van der Waals surface area (Å²) in [6.07, 6.45) is 3.75. The van der Waals surface area contributed by atoms with Crippen LogP contribution in [0.5, 0.6) is 0 Å². The number of nitrogens with one attached hydrogen (secondary N) is 1. The number of hydrogen-bond acceptors (Lipinski definition) is 3. The number of anilines is 2. The molecule has 5 heteroatoms. The highest BCUT2D eigenvalue weighted by Gasteiger charge is 2.02. The minimum atomic E-state index is -0.826. The molecule has 116 valence electrons. The van der Waals surface area contributed by atoms with Crippen molar-refractivity contribution in [2.45, 2.75) is 13.0 Å². The van der Waals surface area contributed by atoms with Crippen LogP contribution in [0.1, 0.15) is 11.1 Å². The number of carboxylic acid groups (broad SMARTS) is 1. The van der Waals surface area contributed by atoms with E-state index in [1.807, 2.05) is 53.3 Å². The minimum absolute atomic E-state index is 0.0370. The first-order valence-corrected chi connectivity index (χ1v) is 7.33. The lowest BCUT2D eigenvalue weighted by Gasteiger charge is -2.04. The first kappa shape index (κ1) is 14.8. The zero-order valence-electron chi connectivity index (χ0n) is 12.5. The van der Waals surface area contributed by atoms with Crippen LogP contribution in [0.3, 0.4) is 0 Å². The Morgan fingerprint density at radius 2 is 1.74 bits per heavy atom. The lowest BCUT2D eigenvalue weighted by atomic mass is 10.1. The predicted molar refractivity (Wildman–Crippen MR) is 88.8 cm³/mol. The van der Waals surface area contributed by atoms with Crippen LogP contribution in [0.4, 0.5) is 11.4 Å². The molecule has 3 aromatic rings. The Morgan fingerprint density at radius 1 is 1.00 bits per heavy atom. The van der Waals surface area contributed by atoms with Gasteiger partial charge in [-0.2, -0.15) is 5.10 Å². The molecule has 2 N–H and O–H groups in total. The highest BCUT2D eigenvalue weighted by molar-refractivity contribution is 5.70. The Hall–Kier alpha value is -3.08. The van der Waals surface area contributed by atoms with Gasteiger partial charge in [-0.15, -0.1) is 0 Å². The lowest BCUT2D eigenvalue weighted by molar-refractivity contribution is -0.136. The van der Waals surface area contributed by atoms with E-state index in [4.69, 9.17) is 5.11 Å². The molecule has 0 radical (unpaired) electrons. The third kappa shape index (κ3) is 4.20. The molecule has 0 aliphatic rings. The normalized spacial score (nSPS) is 10.4. The zero-order valence-corrected chi connectivity index (χ0v) is 12.5. The SMILES string of the molecule is O=C(O)Cc1ccc(Nc2cnn(Cc3ccccc3)c2)cc1. The molecular formula is C18H17N3O2. The Balaban J connectivity index is 1.63. The molecule has 1 heterocycles. The molecule has 0 atom stereocenters. The van der Waals surface area contributed by atoms with Gasteiger partial charge in [0.05, 0.1) is 24.8 Å². The Kier molecular flexibility index (Phi) is 4.38. The molecular weight excluding hydrogens is 290 g/mol. The molecule has 1 aromatic heterocycles. The molecule has 2 aromatic carbocycles. The predicted octanol–water partition coefficient (Wildman–Crippen LogP) is 3.30. The number of carboxylic acids is 1. The van der Waals surface area contributed by atoms with Crippen molar-refractivity contribution in [3.63, 3.8) is 0 Å². The maximum absolute atomic E-state index is 10.7. The van der Waals surface area contributed by atoms with E-state index in [9.17, 15) is 4.79 Å². The molecule has 5 nitrogen and oxygen atoms in total. The maximum atomic E-state index is 10.7. The van der Waals surface area contributed by atoms with E-state index in [-0.39, 0.29) is 6.42 Å². The fourth-order valence-electron chi connectivity index (χ4n) is 2.33. The van der Waals surface area contributed by atoms with E-state index in [2.05, 4.69) is 22.5 Å². The Labute approximate surface area is 134 Å². The average molecular weight is 307 g/mol. The van der Waals surface area contributed by atoms with E-state index in [0.29, 0.717) is 0 Å². The third-order valence-corrected chi connectivity index (χ3v) is 3.42. The molecule has 0 saturated heterocycles. The molecule has 0 aliphatic carbocycles. The molecule has 0 unspecified atom stereocenters. The second-order valence-electron chi connectivity index (χ2n) is 5.30. The van der Waals surface area contributed by atoms with Gasteiger partial charge in [-0.1, -0.05) is 42.5 Å². The van der Waals surface area contributed by atoms with E-state index in [0.717, 1.165) is 23.5 Å². The number of aromatic nitrogens is 2. The van der Waals surface area contributed by atoms with Gasteiger partial charge < -0.3 is 10.4 Å². The monoisotopic (exact) mass is 307 g/mol. The summed E-state index contributed by atoms with van der Waals surface area (Å²) in [5, 5.41) is 16.4. The summed E-state index contributed by atoms with van der Waals surface area (Å²) in [5.74, 6) is -0.826. The first-order chi connectivity index (χ1) is 11.2. The first-order valence-electron chi connectivity index (χ1n) is 7.33. The van der Waals surface area contributed by atoms with Crippen LogP contribution in [-0.4, -0.2) is 20.9 Å². The van der Waals surface area contributed by atoms with E-state index in [1.54, 1.807) is 6.20 Å². The summed E-state index contributed by atoms with van der Waals surface area (Å²) < 4.78 is 1.87. The quantitative estimate of drug-likeness (QED) is 0.733. The van der Waals surface area contributed by atoms with Crippen molar-refractivity contribution >= 4 is 17.3 Å². The molecule has 0 spiro atoms. The number of aliphatic carboxylic acids is 1. The standard InChI is InChI=1S/C18H17N3O2/c22-18(23)10-14-6-8-16(9-7-14)20-17-11-19-21(13-17)12-15-4-2-1-3-5-15/h1-9,11,13,20H,10,12H2,(H,22,23). The summed E-state index contributed by atoms with van der Waals surface area (Å²) in [7, 11) is 0. The van der Waals surface area contributed by atoms with Crippen LogP contribution < -0.4 is 5.32 Å². The summed E-state index contributed by atoms with van der Waals surface area (Å²) in [6, 6.07) is 17.5. The highest BCUT2D eigenvalue weighted by Crippen LogP contribution is 2.17. The summed E-state index contributed by atoms with van der Waals surface area (Å²) in [5.41, 5.74) is 3.77. The van der Waals surface area contributed by atoms with Crippen LogP contribution in [-0.2, 0) is 17.8 Å². The number of hydrogen-bond donors (Lipinski definition) is 2. The van der Waals surface area contributed by atoms with Gasteiger partial charge in [-0.25, -0.2) is 0 Å². The fraction of sp³-hybridized carbons (Fsp3) is 0.111. The molecule has 3 rings (SSSR count). The molecule has 0 aliphatic heterocycles. The van der Waals surface area contributed by atoms with Crippen molar-refractivity contribution in [2.75, 3.05) is 5.32 Å². The topological polar surface area (TPSA) is 67.2 Å². The molecule has 0 bridgehead atoms. The van der Waals surface area contributed by atoms with Gasteiger partial charge in [0.25, 0.3) is 0 Å². The number of nitrogens with zero attached hydrogens (tertiary/aromatic N) is 2. The second-order valence-corrected chi connectivity index (χ2v) is 5.30. The van der Waals surface area contributed by atoms with Crippen molar-refractivity contribution < 1.29 is 9.90 Å². The highest BCUT2D eigenvalue weighted by atomic mass is 16.4.